The Morgan fingerprint density at radius 2 is 1.93 bits per heavy atom. The normalized spacial score (nSPS) is 11.9. The van der Waals surface area contributed by atoms with Gasteiger partial charge in [0.25, 0.3) is 5.91 Å². The fraction of sp³-hybridized carbons (Fsp3) is 0.227. The maximum atomic E-state index is 13.6. The highest BCUT2D eigenvalue weighted by molar-refractivity contribution is 6.01. The number of amides is 1. The number of esters is 1. The molecule has 2 aromatic carbocycles. The van der Waals surface area contributed by atoms with Crippen LogP contribution in [-0.4, -0.2) is 24.6 Å². The van der Waals surface area contributed by atoms with Gasteiger partial charge in [0.05, 0.1) is 6.61 Å². The molecule has 0 aliphatic rings. The van der Waals surface area contributed by atoms with Gasteiger partial charge in [-0.15, -0.1) is 0 Å². The molecular formula is C22H21FN2O4. The number of aryl methyl sites for hydroxylation is 1. The van der Waals surface area contributed by atoms with Crippen molar-refractivity contribution in [3.63, 3.8) is 0 Å². The lowest BCUT2D eigenvalue weighted by Crippen LogP contribution is -2.30. The fourth-order valence-corrected chi connectivity index (χ4v) is 2.32. The van der Waals surface area contributed by atoms with E-state index in [0.29, 0.717) is 23.5 Å². The molecule has 1 atom stereocenters. The molecule has 1 N–H and O–H groups in total. The van der Waals surface area contributed by atoms with Crippen LogP contribution in [-0.2, 0) is 14.3 Å². The Kier molecular flexibility index (Phi) is 7.49. The van der Waals surface area contributed by atoms with Crippen molar-refractivity contribution in [3.8, 4) is 11.8 Å². The predicted octanol–water partition coefficient (Wildman–Crippen LogP) is 4.01. The van der Waals surface area contributed by atoms with Crippen molar-refractivity contribution in [2.75, 3.05) is 11.9 Å². The molecule has 0 saturated heterocycles. The van der Waals surface area contributed by atoms with Crippen LogP contribution in [0, 0.1) is 24.1 Å². The standard InChI is InChI=1S/C22H21FN2O4/c1-4-28-19-9-6-16(7-10-19)11-17(13-24)22(27)29-15(3)21(26)25-18-8-5-14(2)20(23)12-18/h5-12,15H,4H2,1-3H3,(H,25,26)/b17-11+/t15-/m0/s1. The molecule has 0 unspecified atom stereocenters. The van der Waals surface area contributed by atoms with Crippen LogP contribution < -0.4 is 10.1 Å². The number of ether oxygens (including phenoxy) is 2. The summed E-state index contributed by atoms with van der Waals surface area (Å²) in [5, 5.41) is 11.7. The Bertz CT molecular complexity index is 962. The average Bonchev–Trinajstić information content (AvgIpc) is 2.70. The second-order valence-corrected chi connectivity index (χ2v) is 6.17. The van der Waals surface area contributed by atoms with Crippen molar-refractivity contribution >= 4 is 23.6 Å². The first-order valence-corrected chi connectivity index (χ1v) is 8.96. The third-order valence-electron chi connectivity index (χ3n) is 3.93. The number of nitriles is 1. The molecule has 29 heavy (non-hydrogen) atoms. The molecule has 2 rings (SSSR count). The van der Waals surface area contributed by atoms with Crippen LogP contribution in [0.1, 0.15) is 25.0 Å². The van der Waals surface area contributed by atoms with Crippen LogP contribution in [0.4, 0.5) is 10.1 Å². The van der Waals surface area contributed by atoms with Crippen LogP contribution in [0.25, 0.3) is 6.08 Å². The number of nitrogens with zero attached hydrogens (tertiary/aromatic N) is 1. The van der Waals surface area contributed by atoms with Gasteiger partial charge in [0.1, 0.15) is 23.2 Å². The predicted molar refractivity (Wildman–Crippen MR) is 107 cm³/mol. The molecule has 7 heteroatoms. The quantitative estimate of drug-likeness (QED) is 0.434. The number of carbonyl (C=O) groups is 2. The molecule has 0 radical (unpaired) electrons. The van der Waals surface area contributed by atoms with Gasteiger partial charge in [-0.05, 0) is 62.2 Å². The largest absolute Gasteiger partial charge is 0.494 e. The van der Waals surface area contributed by atoms with Crippen molar-refractivity contribution in [1.82, 2.24) is 0 Å². The molecule has 0 bridgehead atoms. The minimum atomic E-state index is -1.18. The third-order valence-corrected chi connectivity index (χ3v) is 3.93. The molecule has 0 aliphatic heterocycles. The first-order valence-electron chi connectivity index (χ1n) is 8.96. The summed E-state index contributed by atoms with van der Waals surface area (Å²) < 4.78 is 24.0. The zero-order chi connectivity index (χ0) is 21.4. The average molecular weight is 396 g/mol. The van der Waals surface area contributed by atoms with E-state index in [-0.39, 0.29) is 11.3 Å². The molecule has 0 aromatic heterocycles. The van der Waals surface area contributed by atoms with E-state index in [9.17, 15) is 19.2 Å². The van der Waals surface area contributed by atoms with Gasteiger partial charge in [-0.1, -0.05) is 18.2 Å². The summed E-state index contributed by atoms with van der Waals surface area (Å²) in [4.78, 5) is 24.4. The summed E-state index contributed by atoms with van der Waals surface area (Å²) in [6.07, 6.45) is 0.182. The van der Waals surface area contributed by atoms with E-state index >= 15 is 0 Å². The summed E-state index contributed by atoms with van der Waals surface area (Å²) in [6.45, 7) is 5.36. The molecule has 0 fully saturated rings. The molecule has 6 nitrogen and oxygen atoms in total. The maximum Gasteiger partial charge on any atom is 0.349 e. The number of hydrogen-bond acceptors (Lipinski definition) is 5. The van der Waals surface area contributed by atoms with E-state index in [1.807, 2.05) is 6.92 Å². The Hall–Kier alpha value is -3.66. The summed E-state index contributed by atoms with van der Waals surface area (Å²) in [7, 11) is 0. The van der Waals surface area contributed by atoms with Gasteiger partial charge in [-0.3, -0.25) is 4.79 Å². The summed E-state index contributed by atoms with van der Waals surface area (Å²) in [6, 6.07) is 12.8. The van der Waals surface area contributed by atoms with Gasteiger partial charge in [0.15, 0.2) is 6.10 Å². The van der Waals surface area contributed by atoms with Crippen LogP contribution in [0.5, 0.6) is 5.75 Å². The van der Waals surface area contributed by atoms with Gasteiger partial charge >= 0.3 is 5.97 Å². The van der Waals surface area contributed by atoms with Crippen LogP contribution in [0.2, 0.25) is 0 Å². The highest BCUT2D eigenvalue weighted by Crippen LogP contribution is 2.16. The second kappa shape index (κ2) is 10.0. The number of anilines is 1. The SMILES string of the molecule is CCOc1ccc(/C=C(\C#N)C(=O)O[C@@H](C)C(=O)Nc2ccc(C)c(F)c2)cc1. The van der Waals surface area contributed by atoms with Gasteiger partial charge in [0, 0.05) is 5.69 Å². The molecular weight excluding hydrogens is 375 g/mol. The molecule has 0 aliphatic carbocycles. The lowest BCUT2D eigenvalue weighted by atomic mass is 10.1. The molecule has 150 valence electrons. The lowest BCUT2D eigenvalue weighted by molar-refractivity contribution is -0.148. The Balaban J connectivity index is 2.02. The number of nitrogens with one attached hydrogen (secondary N) is 1. The molecule has 2 aromatic rings. The van der Waals surface area contributed by atoms with E-state index < -0.39 is 23.8 Å². The first-order chi connectivity index (χ1) is 13.8. The first kappa shape index (κ1) is 21.6. The smallest absolute Gasteiger partial charge is 0.349 e. The number of carbonyl (C=O) groups excluding carboxylic acids is 2. The lowest BCUT2D eigenvalue weighted by Gasteiger charge is -2.13. The van der Waals surface area contributed by atoms with Crippen molar-refractivity contribution in [1.29, 1.82) is 5.26 Å². The second-order valence-electron chi connectivity index (χ2n) is 6.17. The van der Waals surface area contributed by atoms with Gasteiger partial charge in [-0.2, -0.15) is 5.26 Å². The van der Waals surface area contributed by atoms with Crippen molar-refractivity contribution in [2.24, 2.45) is 0 Å². The van der Waals surface area contributed by atoms with Gasteiger partial charge in [0.2, 0.25) is 0 Å². The van der Waals surface area contributed by atoms with Crippen molar-refractivity contribution in [3.05, 3.63) is 65.0 Å². The zero-order valence-electron chi connectivity index (χ0n) is 16.4. The Morgan fingerprint density at radius 3 is 2.52 bits per heavy atom. The monoisotopic (exact) mass is 396 g/mol. The van der Waals surface area contributed by atoms with E-state index in [0.717, 1.165) is 0 Å². The van der Waals surface area contributed by atoms with Gasteiger partial charge < -0.3 is 14.8 Å². The van der Waals surface area contributed by atoms with Crippen molar-refractivity contribution in [2.45, 2.75) is 26.9 Å². The number of halogens is 1. The summed E-state index contributed by atoms with van der Waals surface area (Å²) in [5.74, 6) is -1.36. The van der Waals surface area contributed by atoms with E-state index in [4.69, 9.17) is 9.47 Å². The Labute approximate surface area is 168 Å². The number of rotatable bonds is 7. The molecule has 0 heterocycles. The third kappa shape index (κ3) is 6.18. The number of hydrogen-bond donors (Lipinski definition) is 1. The van der Waals surface area contributed by atoms with Gasteiger partial charge in [-0.25, -0.2) is 9.18 Å². The molecule has 1 amide bonds. The van der Waals surface area contributed by atoms with Crippen LogP contribution >= 0.6 is 0 Å². The Morgan fingerprint density at radius 1 is 1.24 bits per heavy atom. The minimum Gasteiger partial charge on any atom is -0.494 e. The molecule has 0 saturated carbocycles. The summed E-state index contributed by atoms with van der Waals surface area (Å²) >= 11 is 0. The van der Waals surface area contributed by atoms with Crippen LogP contribution in [0.3, 0.4) is 0 Å². The highest BCUT2D eigenvalue weighted by Gasteiger charge is 2.21. The zero-order valence-corrected chi connectivity index (χ0v) is 16.4. The molecule has 0 spiro atoms. The maximum absolute atomic E-state index is 13.6. The summed E-state index contributed by atoms with van der Waals surface area (Å²) in [5.41, 5.74) is 1.04. The van der Waals surface area contributed by atoms with E-state index in [1.54, 1.807) is 37.3 Å². The van der Waals surface area contributed by atoms with Crippen molar-refractivity contribution < 1.29 is 23.5 Å². The fourth-order valence-electron chi connectivity index (χ4n) is 2.32. The van der Waals surface area contributed by atoms with E-state index in [2.05, 4.69) is 5.32 Å². The topological polar surface area (TPSA) is 88.4 Å². The highest BCUT2D eigenvalue weighted by atomic mass is 19.1. The van der Waals surface area contributed by atoms with E-state index in [1.165, 1.54) is 31.2 Å². The minimum absolute atomic E-state index is 0.242. The number of benzene rings is 2. The van der Waals surface area contributed by atoms with Crippen LogP contribution in [0.15, 0.2) is 48.0 Å².